The van der Waals surface area contributed by atoms with Gasteiger partial charge in [-0.05, 0) is 56.3 Å². The van der Waals surface area contributed by atoms with Gasteiger partial charge in [0.25, 0.3) is 5.91 Å². The number of anilines is 2. The van der Waals surface area contributed by atoms with Crippen molar-refractivity contribution in [1.29, 1.82) is 0 Å². The van der Waals surface area contributed by atoms with Gasteiger partial charge in [0.15, 0.2) is 0 Å². The van der Waals surface area contributed by atoms with E-state index in [-0.39, 0.29) is 17.6 Å². The second-order valence-corrected chi connectivity index (χ2v) is 6.06. The number of benzene rings is 2. The standard InChI is InChI=1S/C19H22N4O4/c1-11(2)21-19(26)22-14-7-4-12(5-8-14)18(25)23-15-10-13(17(20)24)6-9-16(15)27-3/h4-11H,1-3H3,(H2,20,24)(H,23,25)(H2,21,22,26). The smallest absolute Gasteiger partial charge is 0.319 e. The zero-order valence-electron chi connectivity index (χ0n) is 15.3. The number of rotatable bonds is 6. The van der Waals surface area contributed by atoms with E-state index in [0.717, 1.165) is 0 Å². The first-order valence-electron chi connectivity index (χ1n) is 8.27. The van der Waals surface area contributed by atoms with Crippen LogP contribution in [0.4, 0.5) is 16.2 Å². The van der Waals surface area contributed by atoms with Crippen LogP contribution < -0.4 is 26.4 Å². The maximum atomic E-state index is 12.5. The van der Waals surface area contributed by atoms with E-state index in [1.165, 1.54) is 19.2 Å². The molecule has 0 radical (unpaired) electrons. The highest BCUT2D eigenvalue weighted by Gasteiger charge is 2.13. The molecule has 0 aromatic heterocycles. The van der Waals surface area contributed by atoms with Crippen LogP contribution in [0.3, 0.4) is 0 Å². The number of urea groups is 1. The zero-order valence-corrected chi connectivity index (χ0v) is 15.3. The van der Waals surface area contributed by atoms with Gasteiger partial charge in [-0.25, -0.2) is 4.79 Å². The molecular weight excluding hydrogens is 348 g/mol. The average molecular weight is 370 g/mol. The molecule has 0 atom stereocenters. The van der Waals surface area contributed by atoms with E-state index in [1.54, 1.807) is 30.3 Å². The minimum Gasteiger partial charge on any atom is -0.495 e. The highest BCUT2D eigenvalue weighted by molar-refractivity contribution is 6.06. The lowest BCUT2D eigenvalue weighted by Crippen LogP contribution is -2.34. The molecule has 0 aliphatic rings. The van der Waals surface area contributed by atoms with Gasteiger partial charge in [0.1, 0.15) is 5.75 Å². The second-order valence-electron chi connectivity index (χ2n) is 6.06. The van der Waals surface area contributed by atoms with Gasteiger partial charge in [0, 0.05) is 22.9 Å². The van der Waals surface area contributed by atoms with Crippen molar-refractivity contribution in [3.05, 3.63) is 53.6 Å². The van der Waals surface area contributed by atoms with Gasteiger partial charge in [-0.15, -0.1) is 0 Å². The van der Waals surface area contributed by atoms with Crippen molar-refractivity contribution in [2.45, 2.75) is 19.9 Å². The van der Waals surface area contributed by atoms with E-state index in [9.17, 15) is 14.4 Å². The molecule has 0 fully saturated rings. The Morgan fingerprint density at radius 3 is 2.15 bits per heavy atom. The number of carbonyl (C=O) groups excluding carboxylic acids is 3. The molecule has 2 aromatic carbocycles. The Morgan fingerprint density at radius 2 is 1.59 bits per heavy atom. The number of ether oxygens (including phenoxy) is 1. The molecule has 5 N–H and O–H groups in total. The molecule has 0 unspecified atom stereocenters. The SMILES string of the molecule is COc1ccc(C(N)=O)cc1NC(=O)c1ccc(NC(=O)NC(C)C)cc1. The summed E-state index contributed by atoms with van der Waals surface area (Å²) in [7, 11) is 1.46. The maximum Gasteiger partial charge on any atom is 0.319 e. The maximum absolute atomic E-state index is 12.5. The molecule has 0 aliphatic carbocycles. The van der Waals surface area contributed by atoms with Crippen LogP contribution in [0.25, 0.3) is 0 Å². The van der Waals surface area contributed by atoms with E-state index in [4.69, 9.17) is 10.5 Å². The van der Waals surface area contributed by atoms with Crippen LogP contribution in [-0.2, 0) is 0 Å². The fraction of sp³-hybridized carbons (Fsp3) is 0.211. The summed E-state index contributed by atoms with van der Waals surface area (Å²) in [5.74, 6) is -0.603. The van der Waals surface area contributed by atoms with Gasteiger partial charge in [0.2, 0.25) is 5.91 Å². The number of amides is 4. The number of primary amides is 1. The number of hydrogen-bond donors (Lipinski definition) is 4. The van der Waals surface area contributed by atoms with Crippen LogP contribution in [0.1, 0.15) is 34.6 Å². The number of nitrogens with one attached hydrogen (secondary N) is 3. The molecule has 0 spiro atoms. The fourth-order valence-corrected chi connectivity index (χ4v) is 2.29. The third kappa shape index (κ3) is 5.46. The normalized spacial score (nSPS) is 10.2. The predicted octanol–water partition coefficient (Wildman–Crippen LogP) is 2.58. The molecule has 8 nitrogen and oxygen atoms in total. The highest BCUT2D eigenvalue weighted by atomic mass is 16.5. The Kier molecular flexibility index (Phi) is 6.37. The lowest BCUT2D eigenvalue weighted by atomic mass is 10.1. The van der Waals surface area contributed by atoms with Gasteiger partial charge in [0.05, 0.1) is 12.8 Å². The van der Waals surface area contributed by atoms with Crippen LogP contribution >= 0.6 is 0 Å². The molecule has 0 saturated carbocycles. The second kappa shape index (κ2) is 8.70. The predicted molar refractivity (Wildman–Crippen MR) is 103 cm³/mol. The molecule has 2 aromatic rings. The summed E-state index contributed by atoms with van der Waals surface area (Å²) >= 11 is 0. The van der Waals surface area contributed by atoms with Gasteiger partial charge in [-0.2, -0.15) is 0 Å². The first-order chi connectivity index (χ1) is 12.8. The van der Waals surface area contributed by atoms with E-state index in [0.29, 0.717) is 22.7 Å². The van der Waals surface area contributed by atoms with Gasteiger partial charge in [-0.1, -0.05) is 0 Å². The van der Waals surface area contributed by atoms with E-state index in [2.05, 4.69) is 16.0 Å². The van der Waals surface area contributed by atoms with Gasteiger partial charge in [-0.3, -0.25) is 9.59 Å². The van der Waals surface area contributed by atoms with Crippen molar-refractivity contribution in [3.63, 3.8) is 0 Å². The van der Waals surface area contributed by atoms with Crippen LogP contribution in [0.2, 0.25) is 0 Å². The van der Waals surface area contributed by atoms with Crippen molar-refractivity contribution in [2.24, 2.45) is 5.73 Å². The summed E-state index contributed by atoms with van der Waals surface area (Å²) in [5.41, 5.74) is 6.78. The molecule has 0 heterocycles. The summed E-state index contributed by atoms with van der Waals surface area (Å²) in [6.45, 7) is 3.71. The molecule has 27 heavy (non-hydrogen) atoms. The molecule has 0 bridgehead atoms. The highest BCUT2D eigenvalue weighted by Crippen LogP contribution is 2.26. The van der Waals surface area contributed by atoms with Crippen LogP contribution in [-0.4, -0.2) is 31.0 Å². The Bertz CT molecular complexity index is 847. The molecule has 142 valence electrons. The quantitative estimate of drug-likeness (QED) is 0.624. The topological polar surface area (TPSA) is 123 Å². The van der Waals surface area contributed by atoms with Crippen LogP contribution in [0.5, 0.6) is 5.75 Å². The molecule has 4 amide bonds. The third-order valence-electron chi connectivity index (χ3n) is 3.56. The minimum absolute atomic E-state index is 0.0150. The average Bonchev–Trinajstić information content (AvgIpc) is 2.61. The van der Waals surface area contributed by atoms with E-state index in [1.807, 2.05) is 13.8 Å². The molecule has 0 aliphatic heterocycles. The number of nitrogens with two attached hydrogens (primary N) is 1. The monoisotopic (exact) mass is 370 g/mol. The Labute approximate surface area is 157 Å². The number of carbonyl (C=O) groups is 3. The Morgan fingerprint density at radius 1 is 0.963 bits per heavy atom. The number of hydrogen-bond acceptors (Lipinski definition) is 4. The largest absolute Gasteiger partial charge is 0.495 e. The summed E-state index contributed by atoms with van der Waals surface area (Å²) in [4.78, 5) is 35.5. The van der Waals surface area contributed by atoms with Crippen molar-refractivity contribution >= 4 is 29.2 Å². The summed E-state index contributed by atoms with van der Waals surface area (Å²) in [6.07, 6.45) is 0. The Balaban J connectivity index is 2.11. The van der Waals surface area contributed by atoms with Crippen molar-refractivity contribution in [3.8, 4) is 5.75 Å². The first kappa shape index (κ1) is 19.8. The van der Waals surface area contributed by atoms with Crippen molar-refractivity contribution in [1.82, 2.24) is 5.32 Å². The van der Waals surface area contributed by atoms with Gasteiger partial charge < -0.3 is 26.4 Å². The Hall–Kier alpha value is -3.55. The minimum atomic E-state index is -0.608. The first-order valence-corrected chi connectivity index (χ1v) is 8.27. The molecule has 2 rings (SSSR count). The fourth-order valence-electron chi connectivity index (χ4n) is 2.29. The summed E-state index contributed by atoms with van der Waals surface area (Å²) in [5, 5.41) is 8.07. The van der Waals surface area contributed by atoms with Crippen LogP contribution in [0, 0.1) is 0 Å². The zero-order chi connectivity index (χ0) is 20.0. The number of methoxy groups -OCH3 is 1. The van der Waals surface area contributed by atoms with Crippen molar-refractivity contribution < 1.29 is 19.1 Å². The lowest BCUT2D eigenvalue weighted by molar-refractivity contribution is 0.0996. The third-order valence-corrected chi connectivity index (χ3v) is 3.56. The summed E-state index contributed by atoms with van der Waals surface area (Å²) < 4.78 is 5.19. The summed E-state index contributed by atoms with van der Waals surface area (Å²) in [6, 6.07) is 10.6. The van der Waals surface area contributed by atoms with Crippen molar-refractivity contribution in [2.75, 3.05) is 17.7 Å². The van der Waals surface area contributed by atoms with Crippen LogP contribution in [0.15, 0.2) is 42.5 Å². The van der Waals surface area contributed by atoms with Gasteiger partial charge >= 0.3 is 6.03 Å². The lowest BCUT2D eigenvalue weighted by Gasteiger charge is -2.12. The molecule has 8 heteroatoms. The molecular formula is C19H22N4O4. The molecule has 0 saturated heterocycles. The van der Waals surface area contributed by atoms with E-state index < -0.39 is 11.8 Å². The van der Waals surface area contributed by atoms with E-state index >= 15 is 0 Å².